The maximum absolute atomic E-state index is 11.6. The van der Waals surface area contributed by atoms with Crippen LogP contribution in [0, 0.1) is 5.41 Å². The van der Waals surface area contributed by atoms with Gasteiger partial charge in [-0.1, -0.05) is 15.9 Å². The number of aryl methyl sites for hydroxylation is 1. The summed E-state index contributed by atoms with van der Waals surface area (Å²) in [4.78, 5) is 15.6. The number of hydrogen-bond donors (Lipinski definition) is 1. The number of amides is 1. The van der Waals surface area contributed by atoms with Crippen LogP contribution in [0.2, 0.25) is 0 Å². The number of rotatable bonds is 4. The Bertz CT molecular complexity index is 370. The van der Waals surface area contributed by atoms with Gasteiger partial charge < -0.3 is 9.88 Å². The maximum Gasteiger partial charge on any atom is 0.271 e. The molecule has 1 aliphatic rings. The predicted octanol–water partition coefficient (Wildman–Crippen LogP) is 1.32. The predicted molar refractivity (Wildman–Crippen MR) is 61.0 cm³/mol. The van der Waals surface area contributed by atoms with E-state index in [0.29, 0.717) is 11.1 Å². The Morgan fingerprint density at radius 2 is 2.47 bits per heavy atom. The molecule has 1 saturated carbocycles. The van der Waals surface area contributed by atoms with Gasteiger partial charge in [0.25, 0.3) is 5.91 Å². The van der Waals surface area contributed by atoms with Gasteiger partial charge in [0.2, 0.25) is 0 Å². The Morgan fingerprint density at radius 1 is 1.73 bits per heavy atom. The van der Waals surface area contributed by atoms with Gasteiger partial charge in [0.15, 0.2) is 0 Å². The van der Waals surface area contributed by atoms with E-state index in [0.717, 1.165) is 11.9 Å². The minimum Gasteiger partial charge on any atom is -0.350 e. The van der Waals surface area contributed by atoms with Crippen molar-refractivity contribution >= 4 is 21.8 Å². The van der Waals surface area contributed by atoms with Gasteiger partial charge in [0, 0.05) is 25.1 Å². The van der Waals surface area contributed by atoms with Gasteiger partial charge in [-0.2, -0.15) is 0 Å². The molecular formula is C10H14BrN3O. The van der Waals surface area contributed by atoms with E-state index in [4.69, 9.17) is 0 Å². The molecular weight excluding hydrogens is 258 g/mol. The van der Waals surface area contributed by atoms with Gasteiger partial charge in [-0.15, -0.1) is 0 Å². The van der Waals surface area contributed by atoms with Crippen molar-refractivity contribution in [2.75, 3.05) is 11.9 Å². The largest absolute Gasteiger partial charge is 0.350 e. The lowest BCUT2D eigenvalue weighted by atomic mass is 10.1. The molecule has 0 saturated heterocycles. The number of hydrogen-bond acceptors (Lipinski definition) is 2. The lowest BCUT2D eigenvalue weighted by molar-refractivity contribution is 0.0942. The molecule has 0 aliphatic heterocycles. The number of imidazole rings is 1. The summed E-state index contributed by atoms with van der Waals surface area (Å²) in [7, 11) is 1.85. The average Bonchev–Trinajstić information content (AvgIpc) is 2.90. The molecule has 1 N–H and O–H groups in total. The molecule has 1 fully saturated rings. The Balaban J connectivity index is 1.88. The van der Waals surface area contributed by atoms with Crippen LogP contribution >= 0.6 is 15.9 Å². The van der Waals surface area contributed by atoms with E-state index in [-0.39, 0.29) is 5.91 Å². The second-order valence-corrected chi connectivity index (χ2v) is 4.80. The molecule has 0 bridgehead atoms. The molecule has 2 rings (SSSR count). The first kappa shape index (κ1) is 10.7. The monoisotopic (exact) mass is 271 g/mol. The topological polar surface area (TPSA) is 46.9 Å². The lowest BCUT2D eigenvalue weighted by Crippen LogP contribution is -2.31. The summed E-state index contributed by atoms with van der Waals surface area (Å²) in [6.07, 6.45) is 5.75. The summed E-state index contributed by atoms with van der Waals surface area (Å²) < 4.78 is 1.77. The third-order valence-corrected chi connectivity index (χ3v) is 3.99. The molecule has 1 heterocycles. The minimum atomic E-state index is -0.0807. The Hall–Kier alpha value is -0.840. The number of carbonyl (C=O) groups is 1. The van der Waals surface area contributed by atoms with Gasteiger partial charge in [-0.3, -0.25) is 4.79 Å². The van der Waals surface area contributed by atoms with Crippen LogP contribution in [0.3, 0.4) is 0 Å². The molecule has 5 heteroatoms. The number of halogens is 1. The van der Waals surface area contributed by atoms with Gasteiger partial charge >= 0.3 is 0 Å². The zero-order valence-corrected chi connectivity index (χ0v) is 10.2. The van der Waals surface area contributed by atoms with E-state index in [2.05, 4.69) is 26.2 Å². The van der Waals surface area contributed by atoms with Crippen LogP contribution in [0.5, 0.6) is 0 Å². The van der Waals surface area contributed by atoms with Gasteiger partial charge in [0.1, 0.15) is 5.69 Å². The molecule has 1 amide bonds. The van der Waals surface area contributed by atoms with Gasteiger partial charge in [-0.25, -0.2) is 4.98 Å². The van der Waals surface area contributed by atoms with Crippen molar-refractivity contribution in [3.8, 4) is 0 Å². The minimum absolute atomic E-state index is 0.0807. The zero-order chi connectivity index (χ0) is 10.9. The van der Waals surface area contributed by atoms with Crippen LogP contribution in [0.15, 0.2) is 12.5 Å². The Morgan fingerprint density at radius 3 is 2.93 bits per heavy atom. The van der Waals surface area contributed by atoms with Crippen molar-refractivity contribution in [1.82, 2.24) is 14.9 Å². The highest BCUT2D eigenvalue weighted by molar-refractivity contribution is 9.09. The normalized spacial score (nSPS) is 17.5. The molecule has 4 nitrogen and oxygen atoms in total. The van der Waals surface area contributed by atoms with Crippen molar-refractivity contribution < 1.29 is 4.79 Å². The molecule has 1 aromatic heterocycles. The van der Waals surface area contributed by atoms with Gasteiger partial charge in [-0.05, 0) is 18.3 Å². The van der Waals surface area contributed by atoms with Crippen molar-refractivity contribution in [3.05, 3.63) is 18.2 Å². The molecule has 0 unspecified atom stereocenters. The Kier molecular flexibility index (Phi) is 2.82. The van der Waals surface area contributed by atoms with E-state index < -0.39 is 0 Å². The standard InChI is InChI=1S/C10H14BrN3O/c1-14-4-8(13-7-14)9(15)12-6-10(5-11)2-3-10/h4,7H,2-3,5-6H2,1H3,(H,12,15). The fourth-order valence-electron chi connectivity index (χ4n) is 1.42. The molecule has 0 radical (unpaired) electrons. The highest BCUT2D eigenvalue weighted by Crippen LogP contribution is 2.46. The summed E-state index contributed by atoms with van der Waals surface area (Å²) >= 11 is 3.47. The first-order valence-corrected chi connectivity index (χ1v) is 6.09. The van der Waals surface area contributed by atoms with Crippen LogP contribution in [0.1, 0.15) is 23.3 Å². The van der Waals surface area contributed by atoms with E-state index in [1.54, 1.807) is 17.1 Å². The first-order chi connectivity index (χ1) is 7.15. The van der Waals surface area contributed by atoms with Crippen LogP contribution in [0.4, 0.5) is 0 Å². The highest BCUT2D eigenvalue weighted by Gasteiger charge is 2.41. The second kappa shape index (κ2) is 3.96. The number of aromatic nitrogens is 2. The smallest absolute Gasteiger partial charge is 0.271 e. The quantitative estimate of drug-likeness (QED) is 0.840. The van der Waals surface area contributed by atoms with Crippen molar-refractivity contribution in [2.45, 2.75) is 12.8 Å². The first-order valence-electron chi connectivity index (χ1n) is 4.97. The summed E-state index contributed by atoms with van der Waals surface area (Å²) in [6, 6.07) is 0. The van der Waals surface area contributed by atoms with E-state index in [1.165, 1.54) is 12.8 Å². The highest BCUT2D eigenvalue weighted by atomic mass is 79.9. The Labute approximate surface area is 97.2 Å². The molecule has 1 aromatic rings. The molecule has 15 heavy (non-hydrogen) atoms. The number of nitrogens with one attached hydrogen (secondary N) is 1. The zero-order valence-electron chi connectivity index (χ0n) is 8.66. The van der Waals surface area contributed by atoms with Crippen molar-refractivity contribution in [1.29, 1.82) is 0 Å². The SMILES string of the molecule is Cn1cnc(C(=O)NCC2(CBr)CC2)c1. The fraction of sp³-hybridized carbons (Fsp3) is 0.600. The van der Waals surface area contributed by atoms with Crippen molar-refractivity contribution in [2.24, 2.45) is 12.5 Å². The third-order valence-electron chi connectivity index (χ3n) is 2.80. The number of alkyl halides is 1. The second-order valence-electron chi connectivity index (χ2n) is 4.24. The summed E-state index contributed by atoms with van der Waals surface area (Å²) in [5, 5.41) is 3.88. The third kappa shape index (κ3) is 2.40. The van der Waals surface area contributed by atoms with Crippen LogP contribution in [-0.4, -0.2) is 27.3 Å². The van der Waals surface area contributed by atoms with Crippen LogP contribution in [0.25, 0.3) is 0 Å². The van der Waals surface area contributed by atoms with E-state index in [9.17, 15) is 4.79 Å². The number of carbonyl (C=O) groups excluding carboxylic acids is 1. The van der Waals surface area contributed by atoms with Crippen molar-refractivity contribution in [3.63, 3.8) is 0 Å². The molecule has 82 valence electrons. The molecule has 0 atom stereocenters. The molecule has 0 spiro atoms. The maximum atomic E-state index is 11.6. The van der Waals surface area contributed by atoms with E-state index >= 15 is 0 Å². The average molecular weight is 272 g/mol. The van der Waals surface area contributed by atoms with Crippen LogP contribution in [-0.2, 0) is 7.05 Å². The molecule has 0 aromatic carbocycles. The number of nitrogens with zero attached hydrogens (tertiary/aromatic N) is 2. The summed E-state index contributed by atoms with van der Waals surface area (Å²) in [6.45, 7) is 0.744. The summed E-state index contributed by atoms with van der Waals surface area (Å²) in [5.74, 6) is -0.0807. The van der Waals surface area contributed by atoms with Gasteiger partial charge in [0.05, 0.1) is 6.33 Å². The summed E-state index contributed by atoms with van der Waals surface area (Å²) in [5.41, 5.74) is 0.799. The molecule has 1 aliphatic carbocycles. The van der Waals surface area contributed by atoms with Crippen LogP contribution < -0.4 is 5.32 Å². The lowest BCUT2D eigenvalue weighted by Gasteiger charge is -2.11. The fourth-order valence-corrected chi connectivity index (χ4v) is 2.18. The van der Waals surface area contributed by atoms with E-state index in [1.807, 2.05) is 7.05 Å².